The van der Waals surface area contributed by atoms with Crippen LogP contribution in [0.3, 0.4) is 0 Å². The number of piperidine rings is 1. The fraction of sp³-hybridized carbons (Fsp3) is 0.364. The van der Waals surface area contributed by atoms with Crippen LogP contribution >= 0.6 is 0 Å². The first-order valence-electron chi connectivity index (χ1n) is 9.26. The van der Waals surface area contributed by atoms with Gasteiger partial charge in [0.2, 0.25) is 5.91 Å². The van der Waals surface area contributed by atoms with E-state index in [1.807, 2.05) is 38.1 Å². The number of hydrogen-bond acceptors (Lipinski definition) is 2. The van der Waals surface area contributed by atoms with Gasteiger partial charge in [0.05, 0.1) is 5.41 Å². The maximum atomic E-state index is 13.3. The standard InChI is InChI=1S/C22H25FN2O2/c1-16-6-3-8-18(12-16)20(26)25-11-5-10-22(2,15-25)21(27)24-14-17-7-4-9-19(23)13-17/h3-4,6-9,12-13H,5,10-11,14-15H2,1-2H3,(H,24,27)/t22-/m0/s1. The Balaban J connectivity index is 1.66. The molecule has 0 aromatic heterocycles. The fourth-order valence-corrected chi connectivity index (χ4v) is 3.60. The molecule has 5 heteroatoms. The third-order valence-electron chi connectivity index (χ3n) is 5.14. The highest BCUT2D eigenvalue weighted by molar-refractivity contribution is 5.95. The van der Waals surface area contributed by atoms with Crippen molar-refractivity contribution in [3.05, 3.63) is 71.0 Å². The van der Waals surface area contributed by atoms with Crippen molar-refractivity contribution in [2.75, 3.05) is 13.1 Å². The molecule has 2 amide bonds. The van der Waals surface area contributed by atoms with E-state index in [4.69, 9.17) is 0 Å². The molecule has 1 fully saturated rings. The maximum Gasteiger partial charge on any atom is 0.253 e. The molecule has 0 bridgehead atoms. The minimum atomic E-state index is -0.648. The van der Waals surface area contributed by atoms with Crippen LogP contribution in [0, 0.1) is 18.2 Å². The van der Waals surface area contributed by atoms with Crippen molar-refractivity contribution in [3.63, 3.8) is 0 Å². The van der Waals surface area contributed by atoms with E-state index in [2.05, 4.69) is 5.32 Å². The molecular formula is C22H25FN2O2. The van der Waals surface area contributed by atoms with Crippen LogP contribution in [0.15, 0.2) is 48.5 Å². The third-order valence-corrected chi connectivity index (χ3v) is 5.14. The molecule has 1 atom stereocenters. The van der Waals surface area contributed by atoms with E-state index in [0.29, 0.717) is 18.7 Å². The molecule has 1 heterocycles. The molecule has 27 heavy (non-hydrogen) atoms. The predicted octanol–water partition coefficient (Wildman–Crippen LogP) is 3.69. The summed E-state index contributed by atoms with van der Waals surface area (Å²) in [6, 6.07) is 13.7. The van der Waals surface area contributed by atoms with Crippen LogP contribution in [0.4, 0.5) is 4.39 Å². The lowest BCUT2D eigenvalue weighted by molar-refractivity contribution is -0.132. The lowest BCUT2D eigenvalue weighted by atomic mass is 9.80. The molecular weight excluding hydrogens is 343 g/mol. The van der Waals surface area contributed by atoms with Gasteiger partial charge >= 0.3 is 0 Å². The minimum Gasteiger partial charge on any atom is -0.351 e. The molecule has 0 spiro atoms. The SMILES string of the molecule is Cc1cccc(C(=O)N2CCC[C@](C)(C(=O)NCc3cccc(F)c3)C2)c1. The number of nitrogens with one attached hydrogen (secondary N) is 1. The van der Waals surface area contributed by atoms with Crippen LogP contribution in [0.2, 0.25) is 0 Å². The van der Waals surface area contributed by atoms with E-state index in [9.17, 15) is 14.0 Å². The summed E-state index contributed by atoms with van der Waals surface area (Å²) in [5.74, 6) is -0.461. The number of carbonyl (C=O) groups is 2. The highest BCUT2D eigenvalue weighted by Gasteiger charge is 2.39. The lowest BCUT2D eigenvalue weighted by Crippen LogP contribution is -2.51. The molecule has 1 saturated heterocycles. The highest BCUT2D eigenvalue weighted by Crippen LogP contribution is 2.30. The first-order chi connectivity index (χ1) is 12.9. The third kappa shape index (κ3) is 4.54. The molecule has 142 valence electrons. The Morgan fingerprint density at radius 2 is 1.96 bits per heavy atom. The second-order valence-corrected chi connectivity index (χ2v) is 7.57. The van der Waals surface area contributed by atoms with Gasteiger partial charge in [-0.05, 0) is 56.5 Å². The number of carbonyl (C=O) groups excluding carboxylic acids is 2. The van der Waals surface area contributed by atoms with Gasteiger partial charge in [0, 0.05) is 25.2 Å². The normalized spacial score (nSPS) is 19.6. The second-order valence-electron chi connectivity index (χ2n) is 7.57. The van der Waals surface area contributed by atoms with E-state index in [1.54, 1.807) is 17.0 Å². The minimum absolute atomic E-state index is 0.0393. The number of benzene rings is 2. The van der Waals surface area contributed by atoms with Crippen molar-refractivity contribution < 1.29 is 14.0 Å². The van der Waals surface area contributed by atoms with Crippen molar-refractivity contribution in [2.24, 2.45) is 5.41 Å². The van der Waals surface area contributed by atoms with E-state index in [1.165, 1.54) is 12.1 Å². The first-order valence-corrected chi connectivity index (χ1v) is 9.26. The van der Waals surface area contributed by atoms with Crippen LogP contribution < -0.4 is 5.32 Å². The Labute approximate surface area is 159 Å². The molecule has 0 aliphatic carbocycles. The number of halogens is 1. The van der Waals surface area contributed by atoms with Crippen molar-refractivity contribution >= 4 is 11.8 Å². The van der Waals surface area contributed by atoms with E-state index in [-0.39, 0.29) is 24.2 Å². The number of aryl methyl sites for hydroxylation is 1. The van der Waals surface area contributed by atoms with Crippen molar-refractivity contribution in [1.82, 2.24) is 10.2 Å². The van der Waals surface area contributed by atoms with E-state index < -0.39 is 5.41 Å². The Hall–Kier alpha value is -2.69. The van der Waals surface area contributed by atoms with Crippen LogP contribution in [-0.2, 0) is 11.3 Å². The summed E-state index contributed by atoms with van der Waals surface area (Å²) in [5.41, 5.74) is 1.76. The molecule has 0 saturated carbocycles. The lowest BCUT2D eigenvalue weighted by Gasteiger charge is -2.39. The van der Waals surface area contributed by atoms with Gasteiger partial charge in [0.15, 0.2) is 0 Å². The average molecular weight is 368 g/mol. The molecule has 4 nitrogen and oxygen atoms in total. The van der Waals surface area contributed by atoms with E-state index in [0.717, 1.165) is 24.0 Å². The summed E-state index contributed by atoms with van der Waals surface area (Å²) in [6.45, 7) is 5.16. The highest BCUT2D eigenvalue weighted by atomic mass is 19.1. The zero-order valence-electron chi connectivity index (χ0n) is 15.8. The Kier molecular flexibility index (Phi) is 5.59. The molecule has 1 N–H and O–H groups in total. The number of rotatable bonds is 4. The quantitative estimate of drug-likeness (QED) is 0.895. The summed E-state index contributed by atoms with van der Waals surface area (Å²) < 4.78 is 13.3. The van der Waals surface area contributed by atoms with Crippen LogP contribution in [-0.4, -0.2) is 29.8 Å². The van der Waals surface area contributed by atoms with Crippen LogP contribution in [0.1, 0.15) is 41.3 Å². The molecule has 0 unspecified atom stereocenters. The Morgan fingerprint density at radius 1 is 1.19 bits per heavy atom. The van der Waals surface area contributed by atoms with Gasteiger partial charge in [0.25, 0.3) is 5.91 Å². The molecule has 1 aliphatic heterocycles. The van der Waals surface area contributed by atoms with Crippen LogP contribution in [0.25, 0.3) is 0 Å². The maximum absolute atomic E-state index is 13.3. The van der Waals surface area contributed by atoms with Gasteiger partial charge < -0.3 is 10.2 Å². The zero-order valence-corrected chi connectivity index (χ0v) is 15.8. The number of amides is 2. The summed E-state index contributed by atoms with van der Waals surface area (Å²) in [4.78, 5) is 27.4. The summed E-state index contributed by atoms with van der Waals surface area (Å²) in [5, 5.41) is 2.90. The number of nitrogens with zero attached hydrogens (tertiary/aromatic N) is 1. The van der Waals surface area contributed by atoms with Crippen molar-refractivity contribution in [3.8, 4) is 0 Å². The Bertz CT molecular complexity index is 852. The predicted molar refractivity (Wildman–Crippen MR) is 103 cm³/mol. The van der Waals surface area contributed by atoms with Crippen LogP contribution in [0.5, 0.6) is 0 Å². The zero-order chi connectivity index (χ0) is 19.4. The number of hydrogen-bond donors (Lipinski definition) is 1. The van der Waals surface area contributed by atoms with Gasteiger partial charge in [-0.1, -0.05) is 29.8 Å². The van der Waals surface area contributed by atoms with Gasteiger partial charge in [-0.25, -0.2) is 4.39 Å². The largest absolute Gasteiger partial charge is 0.351 e. The molecule has 0 radical (unpaired) electrons. The molecule has 2 aromatic rings. The molecule has 2 aromatic carbocycles. The average Bonchev–Trinajstić information content (AvgIpc) is 2.65. The molecule has 3 rings (SSSR count). The molecule has 1 aliphatic rings. The number of likely N-dealkylation sites (tertiary alicyclic amines) is 1. The first kappa shape index (κ1) is 19.1. The summed E-state index contributed by atoms with van der Waals surface area (Å²) in [6.07, 6.45) is 1.50. The van der Waals surface area contributed by atoms with E-state index >= 15 is 0 Å². The summed E-state index contributed by atoms with van der Waals surface area (Å²) >= 11 is 0. The monoisotopic (exact) mass is 368 g/mol. The second kappa shape index (κ2) is 7.91. The van der Waals surface area contributed by atoms with Gasteiger partial charge in [-0.15, -0.1) is 0 Å². The van der Waals surface area contributed by atoms with Gasteiger partial charge in [0.1, 0.15) is 5.82 Å². The van der Waals surface area contributed by atoms with Gasteiger partial charge in [-0.2, -0.15) is 0 Å². The topological polar surface area (TPSA) is 49.4 Å². The smallest absolute Gasteiger partial charge is 0.253 e. The van der Waals surface area contributed by atoms with Crippen molar-refractivity contribution in [1.29, 1.82) is 0 Å². The van der Waals surface area contributed by atoms with Crippen molar-refractivity contribution in [2.45, 2.75) is 33.2 Å². The fourth-order valence-electron chi connectivity index (χ4n) is 3.60. The summed E-state index contributed by atoms with van der Waals surface area (Å²) in [7, 11) is 0. The Morgan fingerprint density at radius 3 is 2.70 bits per heavy atom. The van der Waals surface area contributed by atoms with Gasteiger partial charge in [-0.3, -0.25) is 9.59 Å².